The highest BCUT2D eigenvalue weighted by atomic mass is 16.5. The number of rotatable bonds is 4. The molecule has 2 aliphatic heterocycles. The summed E-state index contributed by atoms with van der Waals surface area (Å²) in [7, 11) is 0. The predicted octanol–water partition coefficient (Wildman–Crippen LogP) is -0.166. The van der Waals surface area contributed by atoms with Crippen LogP contribution in [0.2, 0.25) is 0 Å². The zero-order valence-corrected chi connectivity index (χ0v) is 12.6. The smallest absolute Gasteiger partial charge is 0.248 e. The SMILES string of the molecule is CCN1CCOC(CN2CC(=O)NC(C)(CC)C2=O)C1. The molecule has 20 heavy (non-hydrogen) atoms. The van der Waals surface area contributed by atoms with Crippen LogP contribution in [0.15, 0.2) is 0 Å². The molecule has 0 spiro atoms. The molecule has 2 rings (SSSR count). The minimum atomic E-state index is -0.769. The molecule has 0 aromatic rings. The lowest BCUT2D eigenvalue weighted by Gasteiger charge is -2.42. The summed E-state index contributed by atoms with van der Waals surface area (Å²) < 4.78 is 5.73. The second-order valence-electron chi connectivity index (χ2n) is 5.81. The lowest BCUT2D eigenvalue weighted by atomic mass is 9.94. The first-order chi connectivity index (χ1) is 9.48. The number of ether oxygens (including phenoxy) is 1. The molecular weight excluding hydrogens is 258 g/mol. The number of nitrogens with zero attached hydrogens (tertiary/aromatic N) is 2. The standard InChI is InChI=1S/C14H25N3O3/c1-4-14(3)13(19)17(10-12(18)15-14)9-11-8-16(5-2)6-7-20-11/h11H,4-10H2,1-3H3,(H,15,18). The topological polar surface area (TPSA) is 61.9 Å². The minimum absolute atomic E-state index is 0.000318. The molecule has 114 valence electrons. The van der Waals surface area contributed by atoms with Gasteiger partial charge in [0.25, 0.3) is 0 Å². The van der Waals surface area contributed by atoms with Crippen LogP contribution >= 0.6 is 0 Å². The first-order valence-electron chi connectivity index (χ1n) is 7.43. The van der Waals surface area contributed by atoms with Crippen molar-refractivity contribution in [2.75, 3.05) is 39.3 Å². The summed E-state index contributed by atoms with van der Waals surface area (Å²) in [6, 6.07) is 0. The van der Waals surface area contributed by atoms with E-state index in [9.17, 15) is 9.59 Å². The highest BCUT2D eigenvalue weighted by Gasteiger charge is 2.42. The number of morpholine rings is 1. The van der Waals surface area contributed by atoms with Gasteiger partial charge < -0.3 is 15.0 Å². The maximum atomic E-state index is 12.5. The number of hydrogen-bond donors (Lipinski definition) is 1. The summed E-state index contributed by atoms with van der Waals surface area (Å²) >= 11 is 0. The van der Waals surface area contributed by atoms with E-state index in [1.54, 1.807) is 11.8 Å². The van der Waals surface area contributed by atoms with Crippen LogP contribution in [0.25, 0.3) is 0 Å². The molecule has 2 fully saturated rings. The van der Waals surface area contributed by atoms with E-state index < -0.39 is 5.54 Å². The fourth-order valence-corrected chi connectivity index (χ4v) is 2.81. The van der Waals surface area contributed by atoms with E-state index >= 15 is 0 Å². The van der Waals surface area contributed by atoms with E-state index in [2.05, 4.69) is 17.1 Å². The van der Waals surface area contributed by atoms with Crippen molar-refractivity contribution in [1.29, 1.82) is 0 Å². The van der Waals surface area contributed by atoms with Crippen LogP contribution in [0.5, 0.6) is 0 Å². The molecule has 0 aromatic heterocycles. The molecule has 0 aromatic carbocycles. The molecule has 2 amide bonds. The number of piperazine rings is 1. The van der Waals surface area contributed by atoms with Crippen molar-refractivity contribution in [3.8, 4) is 0 Å². The summed E-state index contributed by atoms with van der Waals surface area (Å²) in [6.45, 7) is 9.91. The van der Waals surface area contributed by atoms with Gasteiger partial charge in [0.05, 0.1) is 19.3 Å². The number of nitrogens with one attached hydrogen (secondary N) is 1. The minimum Gasteiger partial charge on any atom is -0.374 e. The van der Waals surface area contributed by atoms with Gasteiger partial charge >= 0.3 is 0 Å². The second-order valence-corrected chi connectivity index (χ2v) is 5.81. The van der Waals surface area contributed by atoms with E-state index in [1.807, 2.05) is 6.92 Å². The van der Waals surface area contributed by atoms with Gasteiger partial charge in [0, 0.05) is 19.6 Å². The van der Waals surface area contributed by atoms with Gasteiger partial charge in [-0.3, -0.25) is 14.5 Å². The molecule has 2 saturated heterocycles. The third-order valence-corrected chi connectivity index (χ3v) is 4.31. The Bertz CT molecular complexity index is 388. The monoisotopic (exact) mass is 283 g/mol. The van der Waals surface area contributed by atoms with Crippen molar-refractivity contribution in [3.05, 3.63) is 0 Å². The summed E-state index contributed by atoms with van der Waals surface area (Å²) in [6.07, 6.45) is 0.598. The van der Waals surface area contributed by atoms with E-state index in [0.717, 1.165) is 19.6 Å². The Balaban J connectivity index is 2.00. The number of hydrogen-bond acceptors (Lipinski definition) is 4. The molecule has 6 heteroatoms. The molecule has 2 atom stereocenters. The molecular formula is C14H25N3O3. The molecule has 2 unspecified atom stereocenters. The summed E-state index contributed by atoms with van der Waals surface area (Å²) in [5.74, 6) is -0.0890. The van der Waals surface area contributed by atoms with E-state index in [4.69, 9.17) is 4.74 Å². The molecule has 0 aliphatic carbocycles. The molecule has 6 nitrogen and oxygen atoms in total. The van der Waals surface area contributed by atoms with Crippen LogP contribution in [-0.4, -0.2) is 72.6 Å². The van der Waals surface area contributed by atoms with Crippen molar-refractivity contribution in [2.45, 2.75) is 38.8 Å². The highest BCUT2D eigenvalue weighted by Crippen LogP contribution is 2.19. The van der Waals surface area contributed by atoms with Gasteiger partial charge in [-0.25, -0.2) is 0 Å². The Morgan fingerprint density at radius 1 is 1.40 bits per heavy atom. The Hall–Kier alpha value is -1.14. The Morgan fingerprint density at radius 2 is 2.15 bits per heavy atom. The first kappa shape index (κ1) is 15.3. The van der Waals surface area contributed by atoms with Crippen molar-refractivity contribution in [1.82, 2.24) is 15.1 Å². The van der Waals surface area contributed by atoms with E-state index in [1.165, 1.54) is 0 Å². The number of carbonyl (C=O) groups excluding carboxylic acids is 2. The lowest BCUT2D eigenvalue weighted by molar-refractivity contribution is -0.152. The maximum Gasteiger partial charge on any atom is 0.248 e. The van der Waals surface area contributed by atoms with E-state index in [-0.39, 0.29) is 24.5 Å². The van der Waals surface area contributed by atoms with Gasteiger partial charge in [-0.2, -0.15) is 0 Å². The largest absolute Gasteiger partial charge is 0.374 e. The zero-order chi connectivity index (χ0) is 14.8. The summed E-state index contributed by atoms with van der Waals surface area (Å²) in [4.78, 5) is 28.2. The Kier molecular flexibility index (Phi) is 4.65. The lowest BCUT2D eigenvalue weighted by Crippen LogP contribution is -2.66. The summed E-state index contributed by atoms with van der Waals surface area (Å²) in [5, 5.41) is 2.80. The zero-order valence-electron chi connectivity index (χ0n) is 12.6. The van der Waals surface area contributed by atoms with Gasteiger partial charge in [-0.05, 0) is 19.9 Å². The number of amides is 2. The van der Waals surface area contributed by atoms with Gasteiger partial charge in [0.2, 0.25) is 11.8 Å². The van der Waals surface area contributed by atoms with Crippen molar-refractivity contribution >= 4 is 11.8 Å². The first-order valence-corrected chi connectivity index (χ1v) is 7.43. The third kappa shape index (κ3) is 3.12. The van der Waals surface area contributed by atoms with Crippen molar-refractivity contribution < 1.29 is 14.3 Å². The maximum absolute atomic E-state index is 12.5. The normalized spacial score (nSPS) is 32.4. The van der Waals surface area contributed by atoms with Crippen molar-refractivity contribution in [3.63, 3.8) is 0 Å². The van der Waals surface area contributed by atoms with Crippen LogP contribution in [0.4, 0.5) is 0 Å². The van der Waals surface area contributed by atoms with E-state index in [0.29, 0.717) is 19.6 Å². The van der Waals surface area contributed by atoms with Crippen LogP contribution < -0.4 is 5.32 Å². The van der Waals surface area contributed by atoms with Crippen LogP contribution in [0.3, 0.4) is 0 Å². The quantitative estimate of drug-likeness (QED) is 0.778. The Labute approximate surface area is 120 Å². The number of carbonyl (C=O) groups is 2. The predicted molar refractivity (Wildman–Crippen MR) is 75.3 cm³/mol. The van der Waals surface area contributed by atoms with Gasteiger partial charge in [0.1, 0.15) is 5.54 Å². The molecule has 2 aliphatic rings. The Morgan fingerprint density at radius 3 is 2.80 bits per heavy atom. The van der Waals surface area contributed by atoms with Gasteiger partial charge in [0.15, 0.2) is 0 Å². The summed E-state index contributed by atoms with van der Waals surface area (Å²) in [5.41, 5.74) is -0.769. The molecule has 0 bridgehead atoms. The van der Waals surface area contributed by atoms with Crippen LogP contribution in [-0.2, 0) is 14.3 Å². The number of likely N-dealkylation sites (N-methyl/N-ethyl adjacent to an activating group) is 1. The third-order valence-electron chi connectivity index (χ3n) is 4.31. The van der Waals surface area contributed by atoms with Crippen LogP contribution in [0, 0.1) is 0 Å². The molecule has 2 heterocycles. The van der Waals surface area contributed by atoms with Gasteiger partial charge in [-0.15, -0.1) is 0 Å². The van der Waals surface area contributed by atoms with Crippen molar-refractivity contribution in [2.24, 2.45) is 0 Å². The molecule has 0 saturated carbocycles. The molecule has 1 N–H and O–H groups in total. The fourth-order valence-electron chi connectivity index (χ4n) is 2.81. The molecule has 0 radical (unpaired) electrons. The second kappa shape index (κ2) is 6.10. The highest BCUT2D eigenvalue weighted by molar-refractivity contribution is 5.97. The van der Waals surface area contributed by atoms with Crippen LogP contribution in [0.1, 0.15) is 27.2 Å². The van der Waals surface area contributed by atoms with Gasteiger partial charge in [-0.1, -0.05) is 13.8 Å². The average molecular weight is 283 g/mol. The average Bonchev–Trinajstić information content (AvgIpc) is 2.44. The fraction of sp³-hybridized carbons (Fsp3) is 0.857.